The summed E-state index contributed by atoms with van der Waals surface area (Å²) in [4.78, 5) is 27.8. The summed E-state index contributed by atoms with van der Waals surface area (Å²) in [5.41, 5.74) is 0.737. The molecule has 2 amide bonds. The van der Waals surface area contributed by atoms with E-state index in [4.69, 9.17) is 23.2 Å². The highest BCUT2D eigenvalue weighted by atomic mass is 35.5. The lowest BCUT2D eigenvalue weighted by molar-refractivity contribution is -0.139. The van der Waals surface area contributed by atoms with E-state index in [1.807, 2.05) is 0 Å². The number of rotatable bonds is 10. The zero-order valence-electron chi connectivity index (χ0n) is 21.1. The fraction of sp³-hybridized carbons (Fsp3) is 0.259. The summed E-state index contributed by atoms with van der Waals surface area (Å²) in [6.07, 6.45) is 0. The van der Waals surface area contributed by atoms with E-state index in [9.17, 15) is 22.4 Å². The van der Waals surface area contributed by atoms with Crippen LogP contribution < -0.4 is 9.62 Å². The Kier molecular flexibility index (Phi) is 9.76. The molecule has 3 aromatic carbocycles. The molecule has 0 spiro atoms. The Morgan fingerprint density at radius 2 is 1.55 bits per heavy atom. The number of amides is 2. The van der Waals surface area contributed by atoms with Crippen molar-refractivity contribution in [3.63, 3.8) is 0 Å². The molecule has 1 N–H and O–H groups in total. The molecule has 0 unspecified atom stereocenters. The first-order chi connectivity index (χ1) is 17.9. The predicted molar refractivity (Wildman–Crippen MR) is 147 cm³/mol. The molecule has 0 saturated heterocycles. The van der Waals surface area contributed by atoms with Gasteiger partial charge in [-0.1, -0.05) is 41.4 Å². The van der Waals surface area contributed by atoms with Crippen LogP contribution in [0, 0.1) is 5.82 Å². The quantitative estimate of drug-likeness (QED) is 0.354. The molecule has 3 aromatic rings. The van der Waals surface area contributed by atoms with Crippen LogP contribution in [-0.4, -0.2) is 43.8 Å². The van der Waals surface area contributed by atoms with E-state index in [-0.39, 0.29) is 28.2 Å². The summed E-state index contributed by atoms with van der Waals surface area (Å²) < 4.78 is 41.8. The lowest BCUT2D eigenvalue weighted by atomic mass is 10.1. The molecule has 0 heterocycles. The van der Waals surface area contributed by atoms with Gasteiger partial charge in [-0.15, -0.1) is 0 Å². The summed E-state index contributed by atoms with van der Waals surface area (Å²) >= 11 is 12.1. The molecule has 0 aliphatic carbocycles. The third-order valence-electron chi connectivity index (χ3n) is 5.64. The number of anilines is 1. The third kappa shape index (κ3) is 7.46. The number of nitrogens with zero attached hydrogens (tertiary/aromatic N) is 2. The Balaban J connectivity index is 2.03. The molecule has 0 aromatic heterocycles. The maximum Gasteiger partial charge on any atom is 0.264 e. The zero-order valence-corrected chi connectivity index (χ0v) is 23.4. The molecule has 0 radical (unpaired) electrons. The number of carbonyl (C=O) groups is 2. The van der Waals surface area contributed by atoms with E-state index in [0.717, 1.165) is 4.31 Å². The Labute approximate surface area is 232 Å². The third-order valence-corrected chi connectivity index (χ3v) is 7.92. The zero-order chi connectivity index (χ0) is 28.0. The number of hydrogen-bond acceptors (Lipinski definition) is 4. The van der Waals surface area contributed by atoms with Gasteiger partial charge in [-0.2, -0.15) is 0 Å². The smallest absolute Gasteiger partial charge is 0.264 e. The van der Waals surface area contributed by atoms with Gasteiger partial charge in [0.2, 0.25) is 11.8 Å². The van der Waals surface area contributed by atoms with Gasteiger partial charge in [0.25, 0.3) is 10.0 Å². The Hall–Kier alpha value is -3.14. The van der Waals surface area contributed by atoms with E-state index >= 15 is 0 Å². The number of carbonyl (C=O) groups excluding carboxylic acids is 2. The fourth-order valence-corrected chi connectivity index (χ4v) is 5.38. The molecule has 0 bridgehead atoms. The second kappa shape index (κ2) is 12.6. The minimum atomic E-state index is -4.24. The van der Waals surface area contributed by atoms with Crippen LogP contribution in [0.15, 0.2) is 77.7 Å². The molecule has 11 heteroatoms. The largest absolute Gasteiger partial charge is 0.352 e. The summed E-state index contributed by atoms with van der Waals surface area (Å²) in [7, 11) is -4.24. The van der Waals surface area contributed by atoms with Crippen molar-refractivity contribution in [2.45, 2.75) is 44.3 Å². The van der Waals surface area contributed by atoms with Gasteiger partial charge in [0.1, 0.15) is 18.4 Å². The highest BCUT2D eigenvalue weighted by Crippen LogP contribution is 2.27. The normalized spacial score (nSPS) is 12.2. The van der Waals surface area contributed by atoms with Crippen molar-refractivity contribution >= 4 is 50.7 Å². The Morgan fingerprint density at radius 3 is 2.13 bits per heavy atom. The second-order valence-corrected chi connectivity index (χ2v) is 11.7. The average molecular weight is 581 g/mol. The first kappa shape index (κ1) is 29.4. The van der Waals surface area contributed by atoms with Gasteiger partial charge in [0.05, 0.1) is 10.6 Å². The molecule has 0 saturated carbocycles. The lowest BCUT2D eigenvalue weighted by Crippen LogP contribution is -2.52. The molecule has 202 valence electrons. The first-order valence-electron chi connectivity index (χ1n) is 11.8. The molecule has 1 atom stereocenters. The van der Waals surface area contributed by atoms with Crippen LogP contribution >= 0.6 is 23.2 Å². The van der Waals surface area contributed by atoms with E-state index in [1.54, 1.807) is 32.9 Å². The standard InChI is InChI=1S/C27H28Cl2FN3O4S/c1-18(2)31-27(35)19(3)32(16-20-7-11-23(30)12-8-20)26(34)17-33(24-6-4-5-22(29)15-24)38(36,37)25-13-9-21(28)10-14-25/h4-15,18-19H,16-17H2,1-3H3,(H,31,35)/t19-/m0/s1. The van der Waals surface area contributed by atoms with Gasteiger partial charge in [-0.3, -0.25) is 13.9 Å². The summed E-state index contributed by atoms with van der Waals surface area (Å²) in [6, 6.07) is 16.0. The number of hydrogen-bond donors (Lipinski definition) is 1. The molecule has 38 heavy (non-hydrogen) atoms. The highest BCUT2D eigenvalue weighted by molar-refractivity contribution is 7.92. The topological polar surface area (TPSA) is 86.8 Å². The van der Waals surface area contributed by atoms with Crippen LogP contribution in [0.4, 0.5) is 10.1 Å². The van der Waals surface area contributed by atoms with Crippen molar-refractivity contribution in [3.05, 3.63) is 94.2 Å². The molecule has 0 fully saturated rings. The monoisotopic (exact) mass is 579 g/mol. The van der Waals surface area contributed by atoms with E-state index < -0.39 is 40.2 Å². The van der Waals surface area contributed by atoms with Crippen molar-refractivity contribution in [1.82, 2.24) is 10.2 Å². The molecule has 0 aliphatic heterocycles. The number of sulfonamides is 1. The summed E-state index contributed by atoms with van der Waals surface area (Å²) in [5.74, 6) is -1.50. The van der Waals surface area contributed by atoms with Crippen molar-refractivity contribution in [1.29, 1.82) is 0 Å². The van der Waals surface area contributed by atoms with Crippen LogP contribution in [0.5, 0.6) is 0 Å². The van der Waals surface area contributed by atoms with Crippen molar-refractivity contribution in [3.8, 4) is 0 Å². The van der Waals surface area contributed by atoms with Gasteiger partial charge >= 0.3 is 0 Å². The minimum absolute atomic E-state index is 0.0455. The van der Waals surface area contributed by atoms with E-state index in [2.05, 4.69) is 5.32 Å². The van der Waals surface area contributed by atoms with Crippen LogP contribution in [0.2, 0.25) is 10.0 Å². The maximum atomic E-state index is 13.8. The summed E-state index contributed by atoms with van der Waals surface area (Å²) in [6.45, 7) is 4.46. The average Bonchev–Trinajstić information content (AvgIpc) is 2.86. The SMILES string of the molecule is CC(C)NC(=O)[C@H](C)N(Cc1ccc(F)cc1)C(=O)CN(c1cccc(Cl)c1)S(=O)(=O)c1ccc(Cl)cc1. The molecule has 0 aliphatic rings. The van der Waals surface area contributed by atoms with Crippen molar-refractivity contribution in [2.75, 3.05) is 10.8 Å². The second-order valence-electron chi connectivity index (χ2n) is 8.93. The number of nitrogens with one attached hydrogen (secondary N) is 1. The number of halogens is 3. The molecular formula is C27H28Cl2FN3O4S. The van der Waals surface area contributed by atoms with Gasteiger partial charge < -0.3 is 10.2 Å². The molecule has 7 nitrogen and oxygen atoms in total. The highest BCUT2D eigenvalue weighted by Gasteiger charge is 2.32. The Morgan fingerprint density at radius 1 is 0.921 bits per heavy atom. The van der Waals surface area contributed by atoms with E-state index in [0.29, 0.717) is 10.6 Å². The minimum Gasteiger partial charge on any atom is -0.352 e. The van der Waals surface area contributed by atoms with Crippen LogP contribution in [-0.2, 0) is 26.2 Å². The fourth-order valence-electron chi connectivity index (χ4n) is 3.67. The Bertz CT molecular complexity index is 1380. The predicted octanol–water partition coefficient (Wildman–Crippen LogP) is 5.27. The van der Waals surface area contributed by atoms with Gasteiger partial charge in [-0.05, 0) is 80.9 Å². The van der Waals surface area contributed by atoms with Crippen LogP contribution in [0.25, 0.3) is 0 Å². The first-order valence-corrected chi connectivity index (χ1v) is 14.0. The van der Waals surface area contributed by atoms with Gasteiger partial charge in [0, 0.05) is 22.6 Å². The van der Waals surface area contributed by atoms with Crippen LogP contribution in [0.1, 0.15) is 26.3 Å². The van der Waals surface area contributed by atoms with Crippen molar-refractivity contribution in [2.24, 2.45) is 0 Å². The van der Waals surface area contributed by atoms with Gasteiger partial charge in [-0.25, -0.2) is 12.8 Å². The number of benzene rings is 3. The molecule has 3 rings (SSSR count). The van der Waals surface area contributed by atoms with Crippen molar-refractivity contribution < 1.29 is 22.4 Å². The van der Waals surface area contributed by atoms with E-state index in [1.165, 1.54) is 65.6 Å². The lowest BCUT2D eigenvalue weighted by Gasteiger charge is -2.32. The molecular weight excluding hydrogens is 552 g/mol. The van der Waals surface area contributed by atoms with Gasteiger partial charge in [0.15, 0.2) is 0 Å². The summed E-state index contributed by atoms with van der Waals surface area (Å²) in [5, 5.41) is 3.40. The van der Waals surface area contributed by atoms with Crippen LogP contribution in [0.3, 0.4) is 0 Å². The maximum absolute atomic E-state index is 13.8.